The first-order chi connectivity index (χ1) is 16.5. The molecule has 6 nitrogen and oxygen atoms in total. The molecule has 34 heavy (non-hydrogen) atoms. The lowest BCUT2D eigenvalue weighted by Gasteiger charge is -2.13. The van der Waals surface area contributed by atoms with Gasteiger partial charge >= 0.3 is 0 Å². The fraction of sp³-hybridized carbons (Fsp3) is 0.200. The Labute approximate surface area is 210 Å². The fourth-order valence-corrected chi connectivity index (χ4v) is 6.24. The number of benzene rings is 2. The molecular formula is C25H23N5OS3. The number of nitrogens with one attached hydrogen (secondary N) is 1. The Balaban J connectivity index is 1.24. The van der Waals surface area contributed by atoms with Crippen LogP contribution < -0.4 is 5.32 Å². The Kier molecular flexibility index (Phi) is 6.49. The zero-order chi connectivity index (χ0) is 23.7. The Morgan fingerprint density at radius 3 is 2.68 bits per heavy atom. The molecule has 5 aromatic rings. The van der Waals surface area contributed by atoms with Gasteiger partial charge in [-0.1, -0.05) is 23.9 Å². The number of thiophene rings is 1. The number of hydrogen-bond acceptors (Lipinski definition) is 7. The molecule has 1 N–H and O–H groups in total. The lowest BCUT2D eigenvalue weighted by molar-refractivity contribution is -0.113. The molecule has 5 rings (SSSR count). The summed E-state index contributed by atoms with van der Waals surface area (Å²) in [6.07, 6.45) is 0. The van der Waals surface area contributed by atoms with Crippen molar-refractivity contribution < 1.29 is 4.79 Å². The van der Waals surface area contributed by atoms with Gasteiger partial charge in [-0.2, -0.15) is 0 Å². The van der Waals surface area contributed by atoms with Gasteiger partial charge in [-0.3, -0.25) is 9.36 Å². The van der Waals surface area contributed by atoms with E-state index in [0.717, 1.165) is 37.6 Å². The number of fused-ring (bicyclic) bond motifs is 1. The van der Waals surface area contributed by atoms with Crippen LogP contribution in [-0.2, 0) is 4.79 Å². The number of thiazole rings is 1. The maximum absolute atomic E-state index is 12.6. The van der Waals surface area contributed by atoms with E-state index in [4.69, 9.17) is 4.98 Å². The van der Waals surface area contributed by atoms with Crippen LogP contribution in [0.5, 0.6) is 0 Å². The van der Waals surface area contributed by atoms with E-state index in [1.165, 1.54) is 22.0 Å². The van der Waals surface area contributed by atoms with Crippen molar-refractivity contribution in [2.45, 2.75) is 32.0 Å². The first-order valence-corrected chi connectivity index (χ1v) is 13.5. The first kappa shape index (κ1) is 22.8. The van der Waals surface area contributed by atoms with E-state index in [1.807, 2.05) is 41.8 Å². The molecule has 0 spiro atoms. The highest BCUT2D eigenvalue weighted by Crippen LogP contribution is 2.32. The third kappa shape index (κ3) is 4.77. The summed E-state index contributed by atoms with van der Waals surface area (Å²) in [7, 11) is 0. The van der Waals surface area contributed by atoms with Crippen LogP contribution in [0.25, 0.3) is 31.5 Å². The van der Waals surface area contributed by atoms with Crippen LogP contribution in [0.4, 0.5) is 5.69 Å². The molecule has 2 aromatic carbocycles. The molecule has 0 aliphatic carbocycles. The van der Waals surface area contributed by atoms with Crippen molar-refractivity contribution in [3.8, 4) is 21.3 Å². The van der Waals surface area contributed by atoms with Crippen LogP contribution in [0.3, 0.4) is 0 Å². The van der Waals surface area contributed by atoms with Crippen molar-refractivity contribution in [3.63, 3.8) is 0 Å². The van der Waals surface area contributed by atoms with Gasteiger partial charge in [-0.05, 0) is 74.2 Å². The number of anilines is 1. The van der Waals surface area contributed by atoms with Crippen LogP contribution in [0, 0.1) is 6.92 Å². The number of nitrogens with zero attached hydrogens (tertiary/aromatic N) is 4. The zero-order valence-corrected chi connectivity index (χ0v) is 21.4. The summed E-state index contributed by atoms with van der Waals surface area (Å²) >= 11 is 4.71. The third-order valence-electron chi connectivity index (χ3n) is 5.21. The van der Waals surface area contributed by atoms with Crippen molar-refractivity contribution in [1.82, 2.24) is 19.7 Å². The van der Waals surface area contributed by atoms with Gasteiger partial charge in [0.25, 0.3) is 0 Å². The second-order valence-corrected chi connectivity index (χ2v) is 11.1. The van der Waals surface area contributed by atoms with Gasteiger partial charge in [0.2, 0.25) is 5.91 Å². The maximum Gasteiger partial charge on any atom is 0.234 e. The molecule has 172 valence electrons. The molecular weight excluding hydrogens is 483 g/mol. The highest BCUT2D eigenvalue weighted by Gasteiger charge is 2.18. The standard InChI is InChI=1S/C25H23N5OS3/c1-15(2)30-23(20-5-4-12-32-20)28-29-25(30)33-14-22(31)26-18-9-7-17(8-10-18)24-27-19-11-6-16(3)13-21(19)34-24/h4-13,15H,14H2,1-3H3,(H,26,31). The van der Waals surface area contributed by atoms with Crippen molar-refractivity contribution in [3.05, 3.63) is 65.5 Å². The normalized spacial score (nSPS) is 11.4. The number of amides is 1. The Morgan fingerprint density at radius 1 is 1.12 bits per heavy atom. The van der Waals surface area contributed by atoms with Gasteiger partial charge in [0, 0.05) is 17.3 Å². The fourth-order valence-electron chi connectivity index (χ4n) is 3.59. The molecule has 0 fully saturated rings. The van der Waals surface area contributed by atoms with Gasteiger partial charge in [0.1, 0.15) is 5.01 Å². The van der Waals surface area contributed by atoms with Gasteiger partial charge in [-0.25, -0.2) is 4.98 Å². The molecule has 0 radical (unpaired) electrons. The minimum atomic E-state index is -0.0795. The van der Waals surface area contributed by atoms with Crippen molar-refractivity contribution in [2.75, 3.05) is 11.1 Å². The highest BCUT2D eigenvalue weighted by atomic mass is 32.2. The molecule has 0 saturated heterocycles. The van der Waals surface area contributed by atoms with Gasteiger partial charge in [-0.15, -0.1) is 32.9 Å². The third-order valence-corrected chi connectivity index (χ3v) is 8.09. The molecule has 3 heterocycles. The predicted octanol–water partition coefficient (Wildman–Crippen LogP) is 6.90. The highest BCUT2D eigenvalue weighted by molar-refractivity contribution is 7.99. The minimum Gasteiger partial charge on any atom is -0.325 e. The molecule has 3 aromatic heterocycles. The Hall–Kier alpha value is -3.01. The zero-order valence-electron chi connectivity index (χ0n) is 19.0. The molecule has 0 bridgehead atoms. The number of thioether (sulfide) groups is 1. The molecule has 9 heteroatoms. The minimum absolute atomic E-state index is 0.0795. The Bertz CT molecular complexity index is 1440. The van der Waals surface area contributed by atoms with Crippen LogP contribution >= 0.6 is 34.4 Å². The summed E-state index contributed by atoms with van der Waals surface area (Å²) in [5.74, 6) is 1.02. The molecule has 0 aliphatic heterocycles. The lowest BCUT2D eigenvalue weighted by atomic mass is 10.2. The van der Waals surface area contributed by atoms with E-state index >= 15 is 0 Å². The Morgan fingerprint density at radius 2 is 1.94 bits per heavy atom. The smallest absolute Gasteiger partial charge is 0.234 e. The lowest BCUT2D eigenvalue weighted by Crippen LogP contribution is -2.15. The van der Waals surface area contributed by atoms with Crippen LogP contribution in [-0.4, -0.2) is 31.4 Å². The summed E-state index contributed by atoms with van der Waals surface area (Å²) in [6.45, 7) is 6.28. The van der Waals surface area contributed by atoms with Gasteiger partial charge in [0.15, 0.2) is 11.0 Å². The van der Waals surface area contributed by atoms with E-state index in [-0.39, 0.29) is 17.7 Å². The van der Waals surface area contributed by atoms with E-state index in [2.05, 4.69) is 59.1 Å². The quantitative estimate of drug-likeness (QED) is 0.244. The number of aryl methyl sites for hydroxylation is 1. The van der Waals surface area contributed by atoms with Crippen molar-refractivity contribution >= 4 is 56.2 Å². The second kappa shape index (κ2) is 9.69. The van der Waals surface area contributed by atoms with E-state index < -0.39 is 0 Å². The topological polar surface area (TPSA) is 72.7 Å². The summed E-state index contributed by atoms with van der Waals surface area (Å²) in [5, 5.41) is 15.4. The number of hydrogen-bond donors (Lipinski definition) is 1. The molecule has 0 atom stereocenters. The van der Waals surface area contributed by atoms with E-state index in [1.54, 1.807) is 22.7 Å². The average molecular weight is 506 g/mol. The number of rotatable bonds is 7. The molecule has 0 aliphatic rings. The second-order valence-electron chi connectivity index (χ2n) is 8.15. The monoisotopic (exact) mass is 505 g/mol. The predicted molar refractivity (Wildman–Crippen MR) is 143 cm³/mol. The van der Waals surface area contributed by atoms with Crippen LogP contribution in [0.15, 0.2) is 65.1 Å². The van der Waals surface area contributed by atoms with Crippen LogP contribution in [0.1, 0.15) is 25.5 Å². The van der Waals surface area contributed by atoms with Crippen LogP contribution in [0.2, 0.25) is 0 Å². The molecule has 1 amide bonds. The molecule has 0 unspecified atom stereocenters. The summed E-state index contributed by atoms with van der Waals surface area (Å²) < 4.78 is 3.26. The van der Waals surface area contributed by atoms with Crippen molar-refractivity contribution in [2.24, 2.45) is 0 Å². The van der Waals surface area contributed by atoms with E-state index in [9.17, 15) is 4.79 Å². The summed E-state index contributed by atoms with van der Waals surface area (Å²) in [6, 6.07) is 18.3. The summed E-state index contributed by atoms with van der Waals surface area (Å²) in [5.41, 5.74) is 4.04. The van der Waals surface area contributed by atoms with Gasteiger partial charge in [0.05, 0.1) is 20.8 Å². The van der Waals surface area contributed by atoms with Crippen molar-refractivity contribution in [1.29, 1.82) is 0 Å². The summed E-state index contributed by atoms with van der Waals surface area (Å²) in [4.78, 5) is 18.4. The van der Waals surface area contributed by atoms with E-state index in [0.29, 0.717) is 0 Å². The number of carbonyl (C=O) groups excluding carboxylic acids is 1. The number of aromatic nitrogens is 4. The largest absolute Gasteiger partial charge is 0.325 e. The SMILES string of the molecule is Cc1ccc2nc(-c3ccc(NC(=O)CSc4nnc(-c5cccs5)n4C(C)C)cc3)sc2c1. The molecule has 0 saturated carbocycles. The average Bonchev–Trinajstić information content (AvgIpc) is 3.56. The first-order valence-electron chi connectivity index (χ1n) is 10.9. The maximum atomic E-state index is 12.6. The van der Waals surface area contributed by atoms with Gasteiger partial charge < -0.3 is 5.32 Å². The number of carbonyl (C=O) groups is 1.